The smallest absolute Gasteiger partial charge is 0.437 e. The maximum absolute atomic E-state index is 10.2. The van der Waals surface area contributed by atoms with Crippen LogP contribution < -0.4 is 0 Å². The fourth-order valence-corrected chi connectivity index (χ4v) is 0.341. The van der Waals surface area contributed by atoms with Crippen LogP contribution in [0, 0.1) is 0 Å². The molecule has 0 saturated heterocycles. The SMILES string of the molecule is COC(=O)OC=CCBr. The van der Waals surface area contributed by atoms with Gasteiger partial charge in [0.15, 0.2) is 0 Å². The van der Waals surface area contributed by atoms with Crippen molar-refractivity contribution in [2.24, 2.45) is 0 Å². The van der Waals surface area contributed by atoms with E-state index in [9.17, 15) is 4.79 Å². The van der Waals surface area contributed by atoms with E-state index in [1.165, 1.54) is 13.4 Å². The summed E-state index contributed by atoms with van der Waals surface area (Å²) >= 11 is 3.10. The van der Waals surface area contributed by atoms with Gasteiger partial charge in [-0.2, -0.15) is 0 Å². The van der Waals surface area contributed by atoms with Crippen LogP contribution in [0.25, 0.3) is 0 Å². The topological polar surface area (TPSA) is 35.5 Å². The number of carbonyl (C=O) groups excluding carboxylic acids is 1. The standard InChI is InChI=1S/C5H7BrO3/c1-8-5(7)9-4-2-3-6/h2,4H,3H2,1H3. The normalized spacial score (nSPS) is 9.56. The molecule has 9 heavy (non-hydrogen) atoms. The Morgan fingerprint density at radius 3 is 2.89 bits per heavy atom. The van der Waals surface area contributed by atoms with E-state index >= 15 is 0 Å². The van der Waals surface area contributed by atoms with E-state index in [-0.39, 0.29) is 0 Å². The summed E-state index contributed by atoms with van der Waals surface area (Å²) in [7, 11) is 1.25. The Morgan fingerprint density at radius 2 is 2.44 bits per heavy atom. The minimum Gasteiger partial charge on any atom is -0.437 e. The van der Waals surface area contributed by atoms with Gasteiger partial charge >= 0.3 is 6.16 Å². The fourth-order valence-electron chi connectivity index (χ4n) is 0.188. The molecule has 0 N–H and O–H groups in total. The zero-order valence-electron chi connectivity index (χ0n) is 4.96. The monoisotopic (exact) mass is 194 g/mol. The highest BCUT2D eigenvalue weighted by Crippen LogP contribution is 1.85. The first kappa shape index (κ1) is 8.49. The lowest BCUT2D eigenvalue weighted by Crippen LogP contribution is -1.97. The van der Waals surface area contributed by atoms with Crippen LogP contribution in [-0.2, 0) is 9.47 Å². The molecule has 0 heterocycles. The fraction of sp³-hybridized carbons (Fsp3) is 0.400. The summed E-state index contributed by atoms with van der Waals surface area (Å²) in [5, 5.41) is 0.657. The molecular formula is C5H7BrO3. The lowest BCUT2D eigenvalue weighted by atomic mass is 10.7. The van der Waals surface area contributed by atoms with Gasteiger partial charge in [-0.1, -0.05) is 15.9 Å². The quantitative estimate of drug-likeness (QED) is 0.382. The third kappa shape index (κ3) is 5.36. The predicted molar refractivity (Wildman–Crippen MR) is 36.4 cm³/mol. The highest BCUT2D eigenvalue weighted by Gasteiger charge is 1.92. The second-order valence-electron chi connectivity index (χ2n) is 1.10. The first-order valence-electron chi connectivity index (χ1n) is 2.27. The minimum absolute atomic E-state index is 0.657. The van der Waals surface area contributed by atoms with E-state index in [1.807, 2.05) is 0 Å². The molecule has 0 spiro atoms. The molecule has 0 bridgehead atoms. The average Bonchev–Trinajstić information content (AvgIpc) is 1.89. The zero-order chi connectivity index (χ0) is 7.11. The van der Waals surface area contributed by atoms with Crippen molar-refractivity contribution in [1.29, 1.82) is 0 Å². The van der Waals surface area contributed by atoms with Crippen molar-refractivity contribution in [3.63, 3.8) is 0 Å². The molecule has 0 aromatic carbocycles. The molecule has 52 valence electrons. The number of halogens is 1. The molecule has 0 amide bonds. The van der Waals surface area contributed by atoms with E-state index in [0.29, 0.717) is 5.33 Å². The summed E-state index contributed by atoms with van der Waals surface area (Å²) in [6, 6.07) is 0. The van der Waals surface area contributed by atoms with Crippen molar-refractivity contribution in [2.75, 3.05) is 12.4 Å². The number of hydrogen-bond donors (Lipinski definition) is 0. The molecule has 0 atom stereocenters. The van der Waals surface area contributed by atoms with Crippen LogP contribution in [0.15, 0.2) is 12.3 Å². The van der Waals surface area contributed by atoms with Crippen molar-refractivity contribution in [3.05, 3.63) is 12.3 Å². The second-order valence-corrected chi connectivity index (χ2v) is 1.75. The first-order valence-corrected chi connectivity index (χ1v) is 3.39. The van der Waals surface area contributed by atoms with Crippen LogP contribution in [0.1, 0.15) is 0 Å². The van der Waals surface area contributed by atoms with E-state index in [0.717, 1.165) is 0 Å². The Balaban J connectivity index is 3.26. The molecule has 0 aliphatic heterocycles. The van der Waals surface area contributed by atoms with E-state index in [4.69, 9.17) is 0 Å². The molecule has 0 unspecified atom stereocenters. The molecule has 0 aromatic heterocycles. The Morgan fingerprint density at radius 1 is 1.78 bits per heavy atom. The number of carbonyl (C=O) groups is 1. The Labute approximate surface area is 61.8 Å². The molecule has 0 fully saturated rings. The Hall–Kier alpha value is -0.510. The molecule has 3 nitrogen and oxygen atoms in total. The summed E-state index contributed by atoms with van der Waals surface area (Å²) in [4.78, 5) is 10.2. The van der Waals surface area contributed by atoms with Gasteiger partial charge in [-0.3, -0.25) is 0 Å². The summed E-state index contributed by atoms with van der Waals surface area (Å²) in [5.41, 5.74) is 0. The number of alkyl halides is 1. The van der Waals surface area contributed by atoms with Crippen molar-refractivity contribution in [3.8, 4) is 0 Å². The largest absolute Gasteiger partial charge is 0.512 e. The van der Waals surface area contributed by atoms with E-state index < -0.39 is 6.16 Å². The van der Waals surface area contributed by atoms with Gasteiger partial charge in [-0.25, -0.2) is 4.79 Å². The van der Waals surface area contributed by atoms with Crippen molar-refractivity contribution in [1.82, 2.24) is 0 Å². The number of allylic oxidation sites excluding steroid dienone is 1. The maximum atomic E-state index is 10.2. The molecule has 0 saturated carbocycles. The summed E-state index contributed by atoms with van der Waals surface area (Å²) in [5.74, 6) is 0. The number of ether oxygens (including phenoxy) is 2. The van der Waals surface area contributed by atoms with Gasteiger partial charge in [-0.05, 0) is 6.08 Å². The van der Waals surface area contributed by atoms with Gasteiger partial charge in [0, 0.05) is 5.33 Å². The molecule has 0 aliphatic rings. The van der Waals surface area contributed by atoms with Crippen molar-refractivity contribution in [2.45, 2.75) is 0 Å². The summed E-state index contributed by atoms with van der Waals surface area (Å²) < 4.78 is 8.53. The lowest BCUT2D eigenvalue weighted by molar-refractivity contribution is 0.106. The number of hydrogen-bond acceptors (Lipinski definition) is 3. The van der Waals surface area contributed by atoms with Crippen LogP contribution in [0.5, 0.6) is 0 Å². The second kappa shape index (κ2) is 5.62. The third-order valence-electron chi connectivity index (χ3n) is 0.516. The van der Waals surface area contributed by atoms with Crippen molar-refractivity contribution < 1.29 is 14.3 Å². The maximum Gasteiger partial charge on any atom is 0.512 e. The van der Waals surface area contributed by atoms with Gasteiger partial charge in [0.2, 0.25) is 0 Å². The van der Waals surface area contributed by atoms with Gasteiger partial charge in [0.1, 0.15) is 0 Å². The Kier molecular flexibility index (Phi) is 5.30. The van der Waals surface area contributed by atoms with Gasteiger partial charge in [0.05, 0.1) is 13.4 Å². The minimum atomic E-state index is -0.702. The van der Waals surface area contributed by atoms with Crippen LogP contribution in [0.2, 0.25) is 0 Å². The van der Waals surface area contributed by atoms with E-state index in [1.54, 1.807) is 6.08 Å². The van der Waals surface area contributed by atoms with Gasteiger partial charge < -0.3 is 9.47 Å². The van der Waals surface area contributed by atoms with Crippen LogP contribution in [0.3, 0.4) is 0 Å². The predicted octanol–water partition coefficient (Wildman–Crippen LogP) is 1.68. The summed E-state index contributed by atoms with van der Waals surface area (Å²) in [6.45, 7) is 0. The third-order valence-corrected chi connectivity index (χ3v) is 0.890. The van der Waals surface area contributed by atoms with Crippen LogP contribution in [0.4, 0.5) is 4.79 Å². The van der Waals surface area contributed by atoms with Crippen LogP contribution >= 0.6 is 15.9 Å². The lowest BCUT2D eigenvalue weighted by Gasteiger charge is -1.92. The molecule has 0 aromatic rings. The Bertz CT molecular complexity index is 111. The highest BCUT2D eigenvalue weighted by atomic mass is 79.9. The molecule has 0 radical (unpaired) electrons. The molecule has 0 aliphatic carbocycles. The summed E-state index contributed by atoms with van der Waals surface area (Å²) in [6.07, 6.45) is 2.20. The van der Waals surface area contributed by atoms with E-state index in [2.05, 4.69) is 25.4 Å². The highest BCUT2D eigenvalue weighted by molar-refractivity contribution is 9.09. The molecular weight excluding hydrogens is 188 g/mol. The van der Waals surface area contributed by atoms with Gasteiger partial charge in [-0.15, -0.1) is 0 Å². The van der Waals surface area contributed by atoms with Crippen LogP contribution in [-0.4, -0.2) is 18.6 Å². The molecule has 4 heteroatoms. The number of rotatable bonds is 2. The first-order chi connectivity index (χ1) is 4.31. The number of methoxy groups -OCH3 is 1. The average molecular weight is 195 g/mol. The zero-order valence-corrected chi connectivity index (χ0v) is 6.55. The van der Waals surface area contributed by atoms with Gasteiger partial charge in [0.25, 0.3) is 0 Å². The van der Waals surface area contributed by atoms with Crippen molar-refractivity contribution >= 4 is 22.1 Å². The molecule has 0 rings (SSSR count).